The van der Waals surface area contributed by atoms with Crippen LogP contribution < -0.4 is 0 Å². The van der Waals surface area contributed by atoms with Gasteiger partial charge in [-0.05, 0) is 44.8 Å². The van der Waals surface area contributed by atoms with Crippen LogP contribution in [0.4, 0.5) is 0 Å². The van der Waals surface area contributed by atoms with E-state index in [1.807, 2.05) is 97.1 Å². The van der Waals surface area contributed by atoms with Gasteiger partial charge in [-0.2, -0.15) is 97.1 Å². The van der Waals surface area contributed by atoms with Crippen LogP contribution in [0.25, 0.3) is 54.6 Å². The van der Waals surface area contributed by atoms with Gasteiger partial charge in [0.2, 0.25) is 0 Å². The largest absolute Gasteiger partial charge is 0.226 e. The van der Waals surface area contributed by atoms with Crippen LogP contribution in [-0.2, 0) is 65.4 Å². The maximum absolute atomic E-state index is 3.15. The van der Waals surface area contributed by atoms with Gasteiger partial charge in [0, 0.05) is 65.4 Å². The number of rotatable bonds is 2. The molecule has 0 bridgehead atoms. The van der Waals surface area contributed by atoms with Gasteiger partial charge in [0.15, 0.2) is 0 Å². The predicted octanol–water partition coefficient (Wildman–Crippen LogP) is 12.0. The van der Waals surface area contributed by atoms with Gasteiger partial charge in [-0.15, -0.1) is 24.3 Å². The van der Waals surface area contributed by atoms with Crippen LogP contribution in [0.2, 0.25) is 0 Å². The second-order valence-corrected chi connectivity index (χ2v) is 10.2. The van der Waals surface area contributed by atoms with Gasteiger partial charge in [-0.3, -0.25) is 0 Å². The maximum atomic E-state index is 3.15. The molecule has 0 fully saturated rings. The molecule has 0 aliphatic carbocycles. The zero-order valence-electron chi connectivity index (χ0n) is 25.2. The van der Waals surface area contributed by atoms with Crippen molar-refractivity contribution in [3.8, 4) is 22.3 Å². The molecule has 2 heteroatoms. The van der Waals surface area contributed by atoms with Crippen molar-refractivity contribution in [2.24, 2.45) is 0 Å². The maximum Gasteiger partial charge on any atom is 0 e. The third kappa shape index (κ3) is 8.96. The molecule has 8 aromatic carbocycles. The van der Waals surface area contributed by atoms with E-state index in [0.29, 0.717) is 0 Å². The van der Waals surface area contributed by atoms with Gasteiger partial charge in [0.25, 0.3) is 0 Å². The van der Waals surface area contributed by atoms with Crippen molar-refractivity contribution in [3.05, 3.63) is 194 Å². The SMILES string of the molecule is C.Cc1cccc2c3ccccc3c3ccccc3c12.[Y].[Y].[c-]1ccccc1-c1[c-]cccc1.[c-]1ccccc1-c1[c-]cccc1. The van der Waals surface area contributed by atoms with Crippen molar-refractivity contribution in [2.45, 2.75) is 14.4 Å². The zero-order chi connectivity index (χ0) is 29.3. The Kier molecular flexibility index (Phi) is 15.2. The summed E-state index contributed by atoms with van der Waals surface area (Å²) in [6, 6.07) is 68.3. The molecule has 0 aliphatic rings. The van der Waals surface area contributed by atoms with Crippen LogP contribution in [0.3, 0.4) is 0 Å². The van der Waals surface area contributed by atoms with E-state index in [2.05, 4.69) is 97.9 Å². The van der Waals surface area contributed by atoms with Gasteiger partial charge in [0.05, 0.1) is 0 Å². The summed E-state index contributed by atoms with van der Waals surface area (Å²) in [7, 11) is 0. The number of hydrogen-bond donors (Lipinski definition) is 0. The Hall–Kier alpha value is -3.25. The quantitative estimate of drug-likeness (QED) is 0.122. The van der Waals surface area contributed by atoms with E-state index < -0.39 is 0 Å². The fourth-order valence-corrected chi connectivity index (χ4v) is 5.38. The molecule has 0 aliphatic heterocycles. The van der Waals surface area contributed by atoms with E-state index in [1.165, 1.54) is 37.9 Å². The molecule has 0 unspecified atom stereocenters. The van der Waals surface area contributed by atoms with Gasteiger partial charge >= 0.3 is 0 Å². The Morgan fingerprint density at radius 3 is 0.935 bits per heavy atom. The first-order chi connectivity index (χ1) is 21.3. The van der Waals surface area contributed by atoms with E-state index in [0.717, 1.165) is 22.3 Å². The predicted molar refractivity (Wildman–Crippen MR) is 190 cm³/mol. The smallest absolute Gasteiger partial charge is 0 e. The minimum atomic E-state index is 0. The minimum absolute atomic E-state index is 0. The average Bonchev–Trinajstić information content (AvgIpc) is 3.10. The summed E-state index contributed by atoms with van der Waals surface area (Å²) in [6.45, 7) is 2.20. The van der Waals surface area contributed by atoms with Crippen molar-refractivity contribution >= 4 is 32.3 Å². The summed E-state index contributed by atoms with van der Waals surface area (Å²) in [5, 5.41) is 8.14. The van der Waals surface area contributed by atoms with E-state index in [1.54, 1.807) is 0 Å². The van der Waals surface area contributed by atoms with Crippen LogP contribution in [0.15, 0.2) is 164 Å². The van der Waals surface area contributed by atoms with Crippen LogP contribution in [0.1, 0.15) is 13.0 Å². The Morgan fingerprint density at radius 1 is 0.326 bits per heavy atom. The molecule has 0 saturated heterocycles. The van der Waals surface area contributed by atoms with Crippen LogP contribution in [0, 0.1) is 31.2 Å². The number of benzene rings is 8. The standard InChI is InChI=1S/C19H14.2C12H8.CH4.2Y/c1-13-7-6-12-18-16-9-3-2-8-14(16)15-10-4-5-11-17(15)19(13)18;2*1-3-7-11(8-4-1)12-9-5-2-6-10-12;;;/h2-12H,1H3;2*1-7,9H;1H4;;/q;2*-2;;;. The molecule has 46 heavy (non-hydrogen) atoms. The summed E-state index contributed by atoms with van der Waals surface area (Å²) < 4.78 is 0. The van der Waals surface area contributed by atoms with Gasteiger partial charge in [0.1, 0.15) is 0 Å². The Bertz CT molecular complexity index is 1860. The summed E-state index contributed by atoms with van der Waals surface area (Å²) in [4.78, 5) is 0. The molecule has 8 rings (SSSR count). The van der Waals surface area contributed by atoms with Crippen LogP contribution in [0.5, 0.6) is 0 Å². The summed E-state index contributed by atoms with van der Waals surface area (Å²) >= 11 is 0. The molecule has 2 radical (unpaired) electrons. The molecule has 0 atom stereocenters. The van der Waals surface area contributed by atoms with E-state index in [-0.39, 0.29) is 72.8 Å². The zero-order valence-corrected chi connectivity index (χ0v) is 30.9. The number of hydrogen-bond acceptors (Lipinski definition) is 0. The third-order valence-corrected chi connectivity index (χ3v) is 7.39. The van der Waals surface area contributed by atoms with Crippen molar-refractivity contribution in [2.75, 3.05) is 0 Å². The molecule has 0 heterocycles. The Labute approximate surface area is 324 Å². The molecule has 0 amide bonds. The van der Waals surface area contributed by atoms with Crippen LogP contribution >= 0.6 is 0 Å². The number of fused-ring (bicyclic) bond motifs is 6. The molecular weight excluding hydrogens is 706 g/mol. The monoisotopic (exact) mass is 740 g/mol. The summed E-state index contributed by atoms with van der Waals surface area (Å²) in [5.74, 6) is 0. The van der Waals surface area contributed by atoms with Crippen molar-refractivity contribution in [1.29, 1.82) is 0 Å². The first-order valence-corrected chi connectivity index (χ1v) is 14.5. The molecule has 0 spiro atoms. The van der Waals surface area contributed by atoms with Gasteiger partial charge in [-0.25, -0.2) is 22.3 Å². The van der Waals surface area contributed by atoms with Crippen molar-refractivity contribution < 1.29 is 65.4 Å². The molecule has 0 aromatic heterocycles. The third-order valence-electron chi connectivity index (χ3n) is 7.39. The normalized spacial score (nSPS) is 9.76. The molecule has 0 nitrogen and oxygen atoms in total. The fourth-order valence-electron chi connectivity index (χ4n) is 5.38. The molecule has 8 aromatic rings. The summed E-state index contributed by atoms with van der Waals surface area (Å²) in [5.41, 5.74) is 5.73. The van der Waals surface area contributed by atoms with Crippen molar-refractivity contribution in [1.82, 2.24) is 0 Å². The van der Waals surface area contributed by atoms with E-state index in [4.69, 9.17) is 0 Å². The number of aryl methyl sites for hydroxylation is 1. The van der Waals surface area contributed by atoms with Crippen molar-refractivity contribution in [3.63, 3.8) is 0 Å². The van der Waals surface area contributed by atoms with Gasteiger partial charge in [-0.1, -0.05) is 74.2 Å². The van der Waals surface area contributed by atoms with E-state index in [9.17, 15) is 0 Å². The van der Waals surface area contributed by atoms with Crippen LogP contribution in [-0.4, -0.2) is 0 Å². The van der Waals surface area contributed by atoms with Gasteiger partial charge < -0.3 is 0 Å². The fraction of sp³-hybridized carbons (Fsp3) is 0.0455. The molecule has 0 saturated carbocycles. The topological polar surface area (TPSA) is 0 Å². The minimum Gasteiger partial charge on any atom is -0.226 e. The summed E-state index contributed by atoms with van der Waals surface area (Å²) in [6.07, 6.45) is 0. The first-order valence-electron chi connectivity index (χ1n) is 14.5. The second kappa shape index (κ2) is 18.8. The average molecular weight is 741 g/mol. The second-order valence-electron chi connectivity index (χ2n) is 10.2. The Balaban J connectivity index is 0.000000190. The molecule has 220 valence electrons. The molecular formula is C44H34Y2-4. The first kappa shape index (κ1) is 37.2. The van der Waals surface area contributed by atoms with E-state index >= 15 is 0 Å². The molecule has 0 N–H and O–H groups in total. The Morgan fingerprint density at radius 2 is 0.609 bits per heavy atom.